The van der Waals surface area contributed by atoms with Crippen molar-refractivity contribution in [3.63, 3.8) is 0 Å². The zero-order valence-corrected chi connectivity index (χ0v) is 11.1. The van der Waals surface area contributed by atoms with Gasteiger partial charge in [-0.3, -0.25) is 9.59 Å². The van der Waals surface area contributed by atoms with Crippen molar-refractivity contribution in [2.24, 2.45) is 0 Å². The van der Waals surface area contributed by atoms with E-state index in [2.05, 4.69) is 4.84 Å². The van der Waals surface area contributed by atoms with Crippen molar-refractivity contribution in [2.75, 3.05) is 26.4 Å². The first kappa shape index (κ1) is 15.6. The predicted molar refractivity (Wildman–Crippen MR) is 63.7 cm³/mol. The molecule has 19 heavy (non-hydrogen) atoms. The number of carbonyl (C=O) groups is 3. The van der Waals surface area contributed by atoms with Crippen molar-refractivity contribution in [3.05, 3.63) is 0 Å². The maximum atomic E-state index is 11.3. The standard InChI is InChI=1S/C12H19NO6/c1-2-6-17-8-9-18-7-5-12(16)19-13-10(14)3-4-11(13)15/h2-9H2,1H3. The Hall–Kier alpha value is -1.47. The molecule has 0 bridgehead atoms. The monoisotopic (exact) mass is 273 g/mol. The molecule has 0 saturated carbocycles. The van der Waals surface area contributed by atoms with E-state index in [1.165, 1.54) is 0 Å². The van der Waals surface area contributed by atoms with Gasteiger partial charge < -0.3 is 14.3 Å². The second-order valence-electron chi connectivity index (χ2n) is 4.02. The summed E-state index contributed by atoms with van der Waals surface area (Å²) in [5.74, 6) is -1.61. The lowest BCUT2D eigenvalue weighted by atomic mass is 10.4. The molecule has 2 amide bonds. The summed E-state index contributed by atoms with van der Waals surface area (Å²) in [5.41, 5.74) is 0. The number of amides is 2. The Morgan fingerprint density at radius 2 is 1.63 bits per heavy atom. The van der Waals surface area contributed by atoms with Gasteiger partial charge in [0.1, 0.15) is 0 Å². The summed E-state index contributed by atoms with van der Waals surface area (Å²) in [6.07, 6.45) is 1.13. The van der Waals surface area contributed by atoms with E-state index in [9.17, 15) is 14.4 Å². The summed E-state index contributed by atoms with van der Waals surface area (Å²) in [5, 5.41) is 0.534. The molecular formula is C12H19NO6. The third-order valence-electron chi connectivity index (χ3n) is 2.37. The van der Waals surface area contributed by atoms with Crippen LogP contribution in [0.2, 0.25) is 0 Å². The van der Waals surface area contributed by atoms with E-state index in [4.69, 9.17) is 9.47 Å². The van der Waals surface area contributed by atoms with E-state index < -0.39 is 17.8 Å². The lowest BCUT2D eigenvalue weighted by molar-refractivity contribution is -0.198. The molecule has 0 aromatic carbocycles. The highest BCUT2D eigenvalue weighted by atomic mass is 16.7. The summed E-state index contributed by atoms with van der Waals surface area (Å²) >= 11 is 0. The predicted octanol–water partition coefficient (Wildman–Crippen LogP) is 0.427. The number of ether oxygens (including phenoxy) is 2. The maximum absolute atomic E-state index is 11.3. The van der Waals surface area contributed by atoms with Gasteiger partial charge in [-0.2, -0.15) is 0 Å². The number of hydroxylamine groups is 2. The van der Waals surface area contributed by atoms with E-state index >= 15 is 0 Å². The smallest absolute Gasteiger partial charge is 0.335 e. The molecule has 1 fully saturated rings. The fourth-order valence-corrected chi connectivity index (χ4v) is 1.43. The maximum Gasteiger partial charge on any atom is 0.335 e. The van der Waals surface area contributed by atoms with E-state index in [0.29, 0.717) is 24.9 Å². The highest BCUT2D eigenvalue weighted by molar-refractivity contribution is 6.01. The molecule has 0 N–H and O–H groups in total. The van der Waals surface area contributed by atoms with Gasteiger partial charge in [0.05, 0.1) is 26.2 Å². The summed E-state index contributed by atoms with van der Waals surface area (Å²) in [4.78, 5) is 38.4. The van der Waals surface area contributed by atoms with Crippen LogP contribution in [-0.2, 0) is 28.7 Å². The van der Waals surface area contributed by atoms with Crippen LogP contribution >= 0.6 is 0 Å². The molecule has 0 radical (unpaired) electrons. The van der Waals surface area contributed by atoms with Gasteiger partial charge in [-0.25, -0.2) is 4.79 Å². The summed E-state index contributed by atoms with van der Waals surface area (Å²) < 4.78 is 10.3. The molecule has 1 saturated heterocycles. The van der Waals surface area contributed by atoms with Crippen molar-refractivity contribution in [1.82, 2.24) is 5.06 Å². The van der Waals surface area contributed by atoms with Gasteiger partial charge in [-0.05, 0) is 6.42 Å². The average molecular weight is 273 g/mol. The molecule has 108 valence electrons. The Morgan fingerprint density at radius 1 is 1.05 bits per heavy atom. The first-order chi connectivity index (χ1) is 9.15. The molecule has 1 heterocycles. The Morgan fingerprint density at radius 3 is 2.21 bits per heavy atom. The summed E-state index contributed by atoms with van der Waals surface area (Å²) in [6, 6.07) is 0. The number of hydrogen-bond donors (Lipinski definition) is 0. The van der Waals surface area contributed by atoms with E-state index in [0.717, 1.165) is 6.42 Å². The van der Waals surface area contributed by atoms with Gasteiger partial charge >= 0.3 is 5.97 Å². The van der Waals surface area contributed by atoms with Crippen LogP contribution in [0.5, 0.6) is 0 Å². The molecule has 1 aliphatic heterocycles. The van der Waals surface area contributed by atoms with Crippen LogP contribution < -0.4 is 0 Å². The normalized spacial score (nSPS) is 15.1. The van der Waals surface area contributed by atoms with E-state index in [-0.39, 0.29) is 25.9 Å². The van der Waals surface area contributed by atoms with Gasteiger partial charge in [0.2, 0.25) is 0 Å². The number of rotatable bonds is 9. The third kappa shape index (κ3) is 5.80. The quantitative estimate of drug-likeness (QED) is 0.447. The Bertz CT molecular complexity index is 314. The van der Waals surface area contributed by atoms with Gasteiger partial charge in [0.15, 0.2) is 0 Å². The molecule has 0 spiro atoms. The average Bonchev–Trinajstić information content (AvgIpc) is 2.69. The van der Waals surface area contributed by atoms with Crippen molar-refractivity contribution >= 4 is 17.8 Å². The number of hydrogen-bond acceptors (Lipinski definition) is 6. The first-order valence-corrected chi connectivity index (χ1v) is 6.37. The highest BCUT2D eigenvalue weighted by Crippen LogP contribution is 2.12. The van der Waals surface area contributed by atoms with Crippen LogP contribution in [-0.4, -0.2) is 49.3 Å². The Kier molecular flexibility index (Phi) is 7.06. The van der Waals surface area contributed by atoms with Crippen LogP contribution in [0.15, 0.2) is 0 Å². The lowest BCUT2D eigenvalue weighted by Gasteiger charge is -2.12. The second kappa shape index (κ2) is 8.60. The molecule has 1 aliphatic rings. The SMILES string of the molecule is CCCOCCOCCC(=O)ON1C(=O)CCC1=O. The van der Waals surface area contributed by atoms with Gasteiger partial charge in [-0.15, -0.1) is 5.06 Å². The van der Waals surface area contributed by atoms with Crippen LogP contribution in [0.1, 0.15) is 32.6 Å². The molecule has 7 heteroatoms. The van der Waals surface area contributed by atoms with Crippen molar-refractivity contribution < 1.29 is 28.7 Å². The Balaban J connectivity index is 2.05. The van der Waals surface area contributed by atoms with Crippen LogP contribution in [0.3, 0.4) is 0 Å². The Labute approximate surface area is 111 Å². The van der Waals surface area contributed by atoms with Gasteiger partial charge in [-0.1, -0.05) is 6.92 Å². The highest BCUT2D eigenvalue weighted by Gasteiger charge is 2.32. The first-order valence-electron chi connectivity index (χ1n) is 6.37. The second-order valence-corrected chi connectivity index (χ2v) is 4.02. The topological polar surface area (TPSA) is 82.1 Å². The lowest BCUT2D eigenvalue weighted by Crippen LogP contribution is -2.32. The number of nitrogens with zero attached hydrogens (tertiary/aromatic N) is 1. The largest absolute Gasteiger partial charge is 0.379 e. The molecule has 7 nitrogen and oxygen atoms in total. The van der Waals surface area contributed by atoms with Crippen molar-refractivity contribution in [1.29, 1.82) is 0 Å². The van der Waals surface area contributed by atoms with Crippen molar-refractivity contribution in [3.8, 4) is 0 Å². The molecule has 0 aromatic heterocycles. The number of imide groups is 1. The fraction of sp³-hybridized carbons (Fsp3) is 0.750. The third-order valence-corrected chi connectivity index (χ3v) is 2.37. The molecule has 0 unspecified atom stereocenters. The molecular weight excluding hydrogens is 254 g/mol. The molecule has 0 aromatic rings. The molecule has 1 rings (SSSR count). The zero-order valence-electron chi connectivity index (χ0n) is 11.1. The van der Waals surface area contributed by atoms with Crippen molar-refractivity contribution in [2.45, 2.75) is 32.6 Å². The summed E-state index contributed by atoms with van der Waals surface area (Å²) in [6.45, 7) is 3.74. The fourth-order valence-electron chi connectivity index (χ4n) is 1.43. The number of carbonyl (C=O) groups excluding carboxylic acids is 3. The molecule has 0 atom stereocenters. The van der Waals surface area contributed by atoms with Gasteiger partial charge in [0, 0.05) is 19.4 Å². The van der Waals surface area contributed by atoms with E-state index in [1.807, 2.05) is 6.92 Å². The van der Waals surface area contributed by atoms with Crippen LogP contribution in [0, 0.1) is 0 Å². The van der Waals surface area contributed by atoms with Gasteiger partial charge in [0.25, 0.3) is 11.8 Å². The minimum absolute atomic E-state index is 0.00909. The minimum atomic E-state index is -0.655. The molecule has 0 aliphatic carbocycles. The minimum Gasteiger partial charge on any atom is -0.379 e. The van der Waals surface area contributed by atoms with Crippen LogP contribution in [0.4, 0.5) is 0 Å². The summed E-state index contributed by atoms with van der Waals surface area (Å²) in [7, 11) is 0. The van der Waals surface area contributed by atoms with E-state index in [1.54, 1.807) is 0 Å². The zero-order chi connectivity index (χ0) is 14.1. The van der Waals surface area contributed by atoms with Crippen LogP contribution in [0.25, 0.3) is 0 Å².